The van der Waals surface area contributed by atoms with Crippen LogP contribution in [0.3, 0.4) is 0 Å². The molecule has 0 saturated heterocycles. The summed E-state index contributed by atoms with van der Waals surface area (Å²) in [5.41, 5.74) is 0.338. The average molecular weight is 266 g/mol. The molecule has 19 heavy (non-hydrogen) atoms. The Morgan fingerprint density at radius 3 is 2.63 bits per heavy atom. The SMILES string of the molecule is CCCC(C)N(C)CC(C)C(=O)c1ccc(F)cn1. The Labute approximate surface area is 114 Å². The highest BCUT2D eigenvalue weighted by molar-refractivity contribution is 5.95. The van der Waals surface area contributed by atoms with Crippen LogP contribution in [0.25, 0.3) is 0 Å². The summed E-state index contributed by atoms with van der Waals surface area (Å²) in [5.74, 6) is -0.587. The van der Waals surface area contributed by atoms with Gasteiger partial charge in [-0.2, -0.15) is 0 Å². The summed E-state index contributed by atoms with van der Waals surface area (Å²) in [6, 6.07) is 3.18. The fourth-order valence-corrected chi connectivity index (χ4v) is 2.11. The maximum atomic E-state index is 12.8. The van der Waals surface area contributed by atoms with E-state index in [1.54, 1.807) is 0 Å². The van der Waals surface area contributed by atoms with Gasteiger partial charge in [0.05, 0.1) is 6.20 Å². The minimum atomic E-state index is -0.419. The van der Waals surface area contributed by atoms with Crippen molar-refractivity contribution in [2.24, 2.45) is 5.92 Å². The molecule has 0 fully saturated rings. The highest BCUT2D eigenvalue weighted by Crippen LogP contribution is 2.12. The number of rotatable bonds is 7. The Bertz CT molecular complexity index is 405. The lowest BCUT2D eigenvalue weighted by molar-refractivity contribution is 0.0882. The Kier molecular flexibility index (Phi) is 6.09. The number of hydrogen-bond donors (Lipinski definition) is 0. The van der Waals surface area contributed by atoms with Gasteiger partial charge in [-0.15, -0.1) is 0 Å². The van der Waals surface area contributed by atoms with Crippen molar-refractivity contribution in [1.29, 1.82) is 0 Å². The molecule has 0 amide bonds. The normalized spacial score (nSPS) is 14.4. The largest absolute Gasteiger partial charge is 0.303 e. The number of hydrogen-bond acceptors (Lipinski definition) is 3. The van der Waals surface area contributed by atoms with Gasteiger partial charge in [0, 0.05) is 18.5 Å². The lowest BCUT2D eigenvalue weighted by atomic mass is 10.0. The monoisotopic (exact) mass is 266 g/mol. The van der Waals surface area contributed by atoms with Crippen molar-refractivity contribution in [3.05, 3.63) is 29.8 Å². The van der Waals surface area contributed by atoms with E-state index in [1.165, 1.54) is 12.1 Å². The topological polar surface area (TPSA) is 33.2 Å². The van der Waals surface area contributed by atoms with Gasteiger partial charge in [-0.25, -0.2) is 4.39 Å². The van der Waals surface area contributed by atoms with Gasteiger partial charge < -0.3 is 4.90 Å². The molecule has 2 unspecified atom stereocenters. The zero-order valence-corrected chi connectivity index (χ0v) is 12.2. The van der Waals surface area contributed by atoms with Crippen molar-refractivity contribution >= 4 is 5.78 Å². The fraction of sp³-hybridized carbons (Fsp3) is 0.600. The Morgan fingerprint density at radius 1 is 1.42 bits per heavy atom. The summed E-state index contributed by atoms with van der Waals surface area (Å²) in [6.07, 6.45) is 3.34. The van der Waals surface area contributed by atoms with Gasteiger partial charge in [-0.3, -0.25) is 9.78 Å². The molecule has 0 radical (unpaired) electrons. The van der Waals surface area contributed by atoms with Crippen LogP contribution in [-0.2, 0) is 0 Å². The van der Waals surface area contributed by atoms with Crippen LogP contribution in [0.4, 0.5) is 4.39 Å². The maximum absolute atomic E-state index is 12.8. The molecule has 0 aliphatic carbocycles. The molecule has 0 saturated carbocycles. The second-order valence-electron chi connectivity index (χ2n) is 5.20. The fourth-order valence-electron chi connectivity index (χ4n) is 2.11. The molecule has 4 heteroatoms. The lowest BCUT2D eigenvalue weighted by Gasteiger charge is -2.26. The summed E-state index contributed by atoms with van der Waals surface area (Å²) < 4.78 is 12.8. The molecule has 1 rings (SSSR count). The third-order valence-corrected chi connectivity index (χ3v) is 3.45. The highest BCUT2D eigenvalue weighted by atomic mass is 19.1. The van der Waals surface area contributed by atoms with Crippen LogP contribution in [0, 0.1) is 11.7 Å². The first-order valence-electron chi connectivity index (χ1n) is 6.81. The number of Topliss-reactive ketones (excluding diaryl/α,β-unsaturated/α-hetero) is 1. The van der Waals surface area contributed by atoms with Crippen LogP contribution >= 0.6 is 0 Å². The summed E-state index contributed by atoms with van der Waals surface area (Å²) in [5, 5.41) is 0. The number of aromatic nitrogens is 1. The molecule has 1 aromatic heterocycles. The molecule has 106 valence electrons. The van der Waals surface area contributed by atoms with Gasteiger partial charge in [0.15, 0.2) is 5.78 Å². The molecule has 2 atom stereocenters. The molecular weight excluding hydrogens is 243 g/mol. The van der Waals surface area contributed by atoms with Gasteiger partial charge >= 0.3 is 0 Å². The summed E-state index contributed by atoms with van der Waals surface area (Å²) in [7, 11) is 2.03. The molecule has 0 bridgehead atoms. The van der Waals surface area contributed by atoms with Gasteiger partial charge in [0.1, 0.15) is 11.5 Å². The van der Waals surface area contributed by atoms with E-state index < -0.39 is 5.82 Å². The number of carbonyl (C=O) groups is 1. The molecule has 0 aliphatic rings. The summed E-state index contributed by atoms with van der Waals surface area (Å²) in [4.78, 5) is 18.2. The van der Waals surface area contributed by atoms with E-state index in [2.05, 4.69) is 23.7 Å². The van der Waals surface area contributed by atoms with E-state index in [9.17, 15) is 9.18 Å². The Hall–Kier alpha value is -1.29. The molecule has 1 heterocycles. The second kappa shape index (κ2) is 7.34. The predicted molar refractivity (Wildman–Crippen MR) is 74.7 cm³/mol. The van der Waals surface area contributed by atoms with Crippen LogP contribution in [0.5, 0.6) is 0 Å². The van der Waals surface area contributed by atoms with Crippen molar-refractivity contribution in [2.75, 3.05) is 13.6 Å². The standard InChI is InChI=1S/C15H23FN2O/c1-5-6-12(3)18(4)10-11(2)15(19)14-8-7-13(16)9-17-14/h7-9,11-12H,5-6,10H2,1-4H3. The molecule has 0 aliphatic heterocycles. The maximum Gasteiger partial charge on any atom is 0.185 e. The van der Waals surface area contributed by atoms with Crippen molar-refractivity contribution in [3.8, 4) is 0 Å². The molecule has 0 spiro atoms. The number of halogens is 1. The van der Waals surface area contributed by atoms with Crippen LogP contribution < -0.4 is 0 Å². The van der Waals surface area contributed by atoms with Gasteiger partial charge in [0.25, 0.3) is 0 Å². The Morgan fingerprint density at radius 2 is 2.11 bits per heavy atom. The zero-order valence-electron chi connectivity index (χ0n) is 12.2. The molecule has 0 N–H and O–H groups in total. The van der Waals surface area contributed by atoms with E-state index in [1.807, 2.05) is 14.0 Å². The van der Waals surface area contributed by atoms with Gasteiger partial charge in [-0.05, 0) is 32.5 Å². The van der Waals surface area contributed by atoms with Crippen LogP contribution in [0.15, 0.2) is 18.3 Å². The third kappa shape index (κ3) is 4.71. The summed E-state index contributed by atoms with van der Waals surface area (Å²) >= 11 is 0. The highest BCUT2D eigenvalue weighted by Gasteiger charge is 2.20. The lowest BCUT2D eigenvalue weighted by Crippen LogP contribution is -2.35. The van der Waals surface area contributed by atoms with E-state index in [0.29, 0.717) is 18.3 Å². The van der Waals surface area contributed by atoms with Gasteiger partial charge in [-0.1, -0.05) is 20.3 Å². The first-order chi connectivity index (χ1) is 8.95. The van der Waals surface area contributed by atoms with E-state index >= 15 is 0 Å². The van der Waals surface area contributed by atoms with Crippen molar-refractivity contribution in [2.45, 2.75) is 39.7 Å². The van der Waals surface area contributed by atoms with Crippen LogP contribution in [0.1, 0.15) is 44.1 Å². The van der Waals surface area contributed by atoms with Crippen molar-refractivity contribution < 1.29 is 9.18 Å². The number of nitrogens with zero attached hydrogens (tertiary/aromatic N) is 2. The zero-order chi connectivity index (χ0) is 14.4. The molecule has 0 aromatic carbocycles. The second-order valence-corrected chi connectivity index (χ2v) is 5.20. The number of ketones is 1. The Balaban J connectivity index is 2.60. The van der Waals surface area contributed by atoms with E-state index in [0.717, 1.165) is 19.0 Å². The minimum absolute atomic E-state index is 0.0319. The quantitative estimate of drug-likeness (QED) is 0.711. The molecular formula is C15H23FN2O. The minimum Gasteiger partial charge on any atom is -0.303 e. The average Bonchev–Trinajstić information content (AvgIpc) is 2.38. The van der Waals surface area contributed by atoms with E-state index in [-0.39, 0.29) is 11.7 Å². The smallest absolute Gasteiger partial charge is 0.185 e. The predicted octanol–water partition coefficient (Wildman–Crippen LogP) is 3.16. The van der Waals surface area contributed by atoms with Gasteiger partial charge in [0.2, 0.25) is 0 Å². The number of carbonyl (C=O) groups excluding carboxylic acids is 1. The van der Waals surface area contributed by atoms with Crippen molar-refractivity contribution in [3.63, 3.8) is 0 Å². The van der Waals surface area contributed by atoms with Crippen molar-refractivity contribution in [1.82, 2.24) is 9.88 Å². The van der Waals surface area contributed by atoms with Crippen LogP contribution in [0.2, 0.25) is 0 Å². The number of pyridine rings is 1. The molecule has 1 aromatic rings. The van der Waals surface area contributed by atoms with Crippen LogP contribution in [-0.4, -0.2) is 35.3 Å². The summed E-state index contributed by atoms with van der Waals surface area (Å²) in [6.45, 7) is 6.90. The first kappa shape index (κ1) is 15.8. The third-order valence-electron chi connectivity index (χ3n) is 3.45. The molecule has 3 nitrogen and oxygen atoms in total. The first-order valence-corrected chi connectivity index (χ1v) is 6.81. The van der Waals surface area contributed by atoms with E-state index in [4.69, 9.17) is 0 Å².